The smallest absolute Gasteiger partial charge is 0.381 e. The second-order valence-electron chi connectivity index (χ2n) is 5.68. The van der Waals surface area contributed by atoms with Gasteiger partial charge in [0.2, 0.25) is 6.04 Å². The van der Waals surface area contributed by atoms with Gasteiger partial charge in [-0.25, -0.2) is 9.59 Å². The number of hydrogen-bond acceptors (Lipinski definition) is 5. The number of hydrogen-bond donors (Lipinski definition) is 1. The number of likely N-dealkylation sites (tertiary alicyclic amines) is 1. The Morgan fingerprint density at radius 3 is 2.50 bits per heavy atom. The maximum absolute atomic E-state index is 12.3. The third kappa shape index (κ3) is 3.07. The number of ether oxygens (including phenoxy) is 1. The first-order chi connectivity index (χ1) is 9.54. The molecule has 0 aromatic rings. The number of Topliss-reactive ketones (excluding diaryl/α,β-unsaturated/α-hetero) is 1. The minimum Gasteiger partial charge on any atom is -0.463 e. The molecule has 6 heteroatoms. The molecule has 2 atom stereocenters. The summed E-state index contributed by atoms with van der Waals surface area (Å²) < 4.78 is 4.45. The van der Waals surface area contributed by atoms with Gasteiger partial charge in [0.1, 0.15) is 12.6 Å². The van der Waals surface area contributed by atoms with E-state index in [1.807, 2.05) is 0 Å². The van der Waals surface area contributed by atoms with Gasteiger partial charge in [0, 0.05) is 12.8 Å². The molecule has 1 aliphatic carbocycles. The van der Waals surface area contributed by atoms with Gasteiger partial charge in [0.25, 0.3) is 0 Å². The van der Waals surface area contributed by atoms with Crippen molar-refractivity contribution in [1.82, 2.24) is 4.90 Å². The first kappa shape index (κ1) is 15.1. The molecule has 0 aromatic heterocycles. The summed E-state index contributed by atoms with van der Waals surface area (Å²) in [4.78, 5) is 37.0. The number of carbonyl (C=O) groups is 3. The van der Waals surface area contributed by atoms with Gasteiger partial charge in [-0.05, 0) is 12.3 Å². The second kappa shape index (κ2) is 6.45. The van der Waals surface area contributed by atoms with Crippen LogP contribution >= 0.6 is 0 Å². The molecule has 0 unspecified atom stereocenters. The third-order valence-electron chi connectivity index (χ3n) is 4.35. The number of methoxy groups -OCH3 is 1. The minimum atomic E-state index is -0.887. The average Bonchev–Trinajstić information content (AvgIpc) is 2.89. The van der Waals surface area contributed by atoms with Crippen molar-refractivity contribution >= 4 is 17.7 Å². The number of carbonyl (C=O) groups excluding carboxylic acids is 3. The van der Waals surface area contributed by atoms with Crippen molar-refractivity contribution in [3.63, 3.8) is 0 Å². The summed E-state index contributed by atoms with van der Waals surface area (Å²) >= 11 is 0. The van der Waals surface area contributed by atoms with E-state index in [4.69, 9.17) is 5.73 Å². The molecule has 111 valence electrons. The second-order valence-corrected chi connectivity index (χ2v) is 5.68. The van der Waals surface area contributed by atoms with Crippen LogP contribution in [0.2, 0.25) is 0 Å². The van der Waals surface area contributed by atoms with E-state index >= 15 is 0 Å². The quantitative estimate of drug-likeness (QED) is 0.438. The zero-order valence-corrected chi connectivity index (χ0v) is 11.8. The highest BCUT2D eigenvalue weighted by Crippen LogP contribution is 2.30. The van der Waals surface area contributed by atoms with Crippen LogP contribution in [0.3, 0.4) is 0 Å². The Bertz CT molecular complexity index is 406. The molecule has 2 rings (SSSR count). The standard InChI is InChI=1S/C14H22N2O4/c1-20-14(19)12(17)11-6-3-7-16(11)13(18)10(15)8-9-4-2-5-9/h9-11H,2-8,15H2,1H3/q+1/t10-,11+/m1/s1. The van der Waals surface area contributed by atoms with Crippen molar-refractivity contribution in [1.29, 1.82) is 0 Å². The van der Waals surface area contributed by atoms with E-state index in [-0.39, 0.29) is 5.91 Å². The van der Waals surface area contributed by atoms with Gasteiger partial charge in [-0.3, -0.25) is 4.79 Å². The van der Waals surface area contributed by atoms with E-state index in [0.29, 0.717) is 25.3 Å². The SMILES string of the molecule is COC(=O)C(=O)[C@@H]1CCC[N+]1C(=O)[C@H](N)CC1CCC1. The summed E-state index contributed by atoms with van der Waals surface area (Å²) in [6.45, 7) is 0.491. The van der Waals surface area contributed by atoms with Crippen LogP contribution in [0.1, 0.15) is 38.5 Å². The third-order valence-corrected chi connectivity index (χ3v) is 4.35. The van der Waals surface area contributed by atoms with Gasteiger partial charge in [0.15, 0.2) is 0 Å². The van der Waals surface area contributed by atoms with Crippen LogP contribution in [0.15, 0.2) is 0 Å². The normalized spacial score (nSPS) is 25.0. The predicted octanol–water partition coefficient (Wildman–Crippen LogP) is 0.0751. The Balaban J connectivity index is 1.96. The van der Waals surface area contributed by atoms with E-state index in [1.54, 1.807) is 0 Å². The topological polar surface area (TPSA) is 92.4 Å². The van der Waals surface area contributed by atoms with Gasteiger partial charge >= 0.3 is 17.7 Å². The zero-order valence-electron chi connectivity index (χ0n) is 11.8. The van der Waals surface area contributed by atoms with Crippen LogP contribution in [0.4, 0.5) is 0 Å². The molecule has 1 saturated carbocycles. The Morgan fingerprint density at radius 1 is 1.25 bits per heavy atom. The van der Waals surface area contributed by atoms with Crippen LogP contribution in [-0.2, 0) is 19.1 Å². The lowest BCUT2D eigenvalue weighted by Gasteiger charge is -2.27. The van der Waals surface area contributed by atoms with Crippen molar-refractivity contribution in [3.8, 4) is 0 Å². The highest BCUT2D eigenvalue weighted by atomic mass is 16.5. The fourth-order valence-electron chi connectivity index (χ4n) is 2.94. The summed E-state index contributed by atoms with van der Waals surface area (Å²) in [6.07, 6.45) is 5.37. The van der Waals surface area contributed by atoms with Crippen LogP contribution in [0.25, 0.3) is 0 Å². The largest absolute Gasteiger partial charge is 0.463 e. The number of rotatable bonds is 5. The fraction of sp³-hybridized carbons (Fsp3) is 0.786. The summed E-state index contributed by atoms with van der Waals surface area (Å²) in [7, 11) is 1.17. The Hall–Kier alpha value is -1.27. The van der Waals surface area contributed by atoms with Gasteiger partial charge < -0.3 is 10.5 Å². The Kier molecular flexibility index (Phi) is 4.88. The predicted molar refractivity (Wildman–Crippen MR) is 72.0 cm³/mol. The van der Waals surface area contributed by atoms with Gasteiger partial charge in [-0.15, -0.1) is 0 Å². The van der Waals surface area contributed by atoms with Gasteiger partial charge in [-0.2, -0.15) is 0 Å². The molecule has 20 heavy (non-hydrogen) atoms. The first-order valence-electron chi connectivity index (χ1n) is 7.22. The zero-order chi connectivity index (χ0) is 14.7. The summed E-state index contributed by atoms with van der Waals surface area (Å²) in [5.74, 6) is -1.21. The molecule has 0 bridgehead atoms. The van der Waals surface area contributed by atoms with Crippen molar-refractivity contribution < 1.29 is 19.1 Å². The highest BCUT2D eigenvalue weighted by molar-refractivity contribution is 6.36. The number of nitrogens with zero attached hydrogens (tertiary/aromatic N) is 1. The van der Waals surface area contributed by atoms with Crippen molar-refractivity contribution in [2.45, 2.75) is 50.6 Å². The molecule has 2 N–H and O–H groups in total. The first-order valence-corrected chi connectivity index (χ1v) is 7.22. The highest BCUT2D eigenvalue weighted by Gasteiger charge is 2.49. The number of nitrogens with two attached hydrogens (primary N) is 1. The Morgan fingerprint density at radius 2 is 1.95 bits per heavy atom. The van der Waals surface area contributed by atoms with Crippen LogP contribution in [0, 0.1) is 5.92 Å². The lowest BCUT2D eigenvalue weighted by atomic mass is 9.81. The number of amides is 1. The van der Waals surface area contributed by atoms with Gasteiger partial charge in [-0.1, -0.05) is 24.2 Å². The lowest BCUT2D eigenvalue weighted by Crippen LogP contribution is -2.54. The molecule has 6 nitrogen and oxygen atoms in total. The van der Waals surface area contributed by atoms with E-state index in [1.165, 1.54) is 18.4 Å². The van der Waals surface area contributed by atoms with Crippen LogP contribution < -0.4 is 10.6 Å². The lowest BCUT2D eigenvalue weighted by molar-refractivity contribution is -0.153. The molecule has 2 aliphatic rings. The van der Waals surface area contributed by atoms with E-state index in [2.05, 4.69) is 4.74 Å². The molecular formula is C14H22N2O4+. The average molecular weight is 282 g/mol. The van der Waals surface area contributed by atoms with Crippen molar-refractivity contribution in [2.24, 2.45) is 11.7 Å². The van der Waals surface area contributed by atoms with E-state index in [0.717, 1.165) is 19.3 Å². The fourth-order valence-corrected chi connectivity index (χ4v) is 2.94. The van der Waals surface area contributed by atoms with Crippen molar-refractivity contribution in [3.05, 3.63) is 0 Å². The summed E-state index contributed by atoms with van der Waals surface area (Å²) in [5, 5.41) is 0. The molecule has 1 amide bonds. The van der Waals surface area contributed by atoms with Crippen LogP contribution in [-0.4, -0.2) is 43.4 Å². The molecule has 0 aromatic carbocycles. The molecular weight excluding hydrogens is 260 g/mol. The summed E-state index contributed by atoms with van der Waals surface area (Å²) in [5.41, 5.74) is 5.96. The molecule has 1 heterocycles. The maximum Gasteiger partial charge on any atom is 0.381 e. The molecule has 1 aliphatic heterocycles. The summed E-state index contributed by atoms with van der Waals surface area (Å²) in [6, 6.07) is -1.26. The van der Waals surface area contributed by atoms with Crippen LogP contribution in [0.5, 0.6) is 0 Å². The van der Waals surface area contributed by atoms with E-state index in [9.17, 15) is 14.4 Å². The molecule has 1 radical (unpaired) electrons. The molecule has 2 fully saturated rings. The minimum absolute atomic E-state index is 0.211. The number of ketones is 1. The maximum atomic E-state index is 12.3. The Labute approximate surface area is 118 Å². The van der Waals surface area contributed by atoms with Crippen molar-refractivity contribution in [2.75, 3.05) is 13.7 Å². The van der Waals surface area contributed by atoms with Gasteiger partial charge in [0.05, 0.1) is 7.11 Å². The number of esters is 1. The molecule has 0 spiro atoms. The molecule has 1 saturated heterocycles. The van der Waals surface area contributed by atoms with E-state index < -0.39 is 23.8 Å². The monoisotopic (exact) mass is 282 g/mol.